The molecule has 2 fully saturated rings. The predicted molar refractivity (Wildman–Crippen MR) is 85.0 cm³/mol. The van der Waals surface area contributed by atoms with Gasteiger partial charge in [0.25, 0.3) is 5.91 Å². The number of Topliss-reactive ketones (excluding diaryl/α,β-unsaturated/α-hetero) is 1. The number of amides is 1. The molecule has 0 radical (unpaired) electrons. The van der Waals surface area contributed by atoms with Crippen LogP contribution in [-0.4, -0.2) is 25.3 Å². The second kappa shape index (κ2) is 5.02. The van der Waals surface area contributed by atoms with E-state index in [1.807, 2.05) is 0 Å². The number of hydrogen-bond donors (Lipinski definition) is 3. The van der Waals surface area contributed by atoms with Gasteiger partial charge >= 0.3 is 0 Å². The van der Waals surface area contributed by atoms with Gasteiger partial charge in [-0.2, -0.15) is 0 Å². The fraction of sp³-hybridized carbons (Fsp3) is 0.600. The summed E-state index contributed by atoms with van der Waals surface area (Å²) in [6.07, 6.45) is 5.19. The Labute approximate surface area is 128 Å². The molecule has 0 saturated heterocycles. The SMILES string of the molecule is CNC(=O)c1c(NCC2(C3CC3)CC2)sc(C(C)=O)c1N. The summed E-state index contributed by atoms with van der Waals surface area (Å²) in [6.45, 7) is 2.35. The fourth-order valence-electron chi connectivity index (χ4n) is 3.02. The highest BCUT2D eigenvalue weighted by molar-refractivity contribution is 7.19. The minimum atomic E-state index is -0.241. The second-order valence-electron chi connectivity index (χ2n) is 6.17. The van der Waals surface area contributed by atoms with Crippen LogP contribution in [0, 0.1) is 11.3 Å². The second-order valence-corrected chi connectivity index (χ2v) is 7.20. The molecule has 1 aromatic heterocycles. The number of hydrogen-bond acceptors (Lipinski definition) is 5. The van der Waals surface area contributed by atoms with Crippen molar-refractivity contribution in [2.45, 2.75) is 32.6 Å². The summed E-state index contributed by atoms with van der Waals surface area (Å²) in [6, 6.07) is 0. The Hall–Kier alpha value is -1.56. The van der Waals surface area contributed by atoms with Gasteiger partial charge in [0.1, 0.15) is 5.00 Å². The van der Waals surface area contributed by atoms with Crippen LogP contribution >= 0.6 is 11.3 Å². The number of nitrogens with one attached hydrogen (secondary N) is 2. The van der Waals surface area contributed by atoms with Crippen molar-refractivity contribution in [3.63, 3.8) is 0 Å². The Morgan fingerprint density at radius 3 is 2.52 bits per heavy atom. The zero-order valence-electron chi connectivity index (χ0n) is 12.4. The highest BCUT2D eigenvalue weighted by Gasteiger charge is 2.53. The maximum absolute atomic E-state index is 12.0. The molecule has 0 aliphatic heterocycles. The average molecular weight is 307 g/mol. The average Bonchev–Trinajstić information content (AvgIpc) is 3.33. The quantitative estimate of drug-likeness (QED) is 0.705. The van der Waals surface area contributed by atoms with Crippen LogP contribution in [0.5, 0.6) is 0 Å². The highest BCUT2D eigenvalue weighted by atomic mass is 32.1. The van der Waals surface area contributed by atoms with Crippen LogP contribution in [0.15, 0.2) is 0 Å². The lowest BCUT2D eigenvalue weighted by atomic mass is 10.0. The third-order valence-electron chi connectivity index (χ3n) is 4.66. The summed E-state index contributed by atoms with van der Waals surface area (Å²) in [4.78, 5) is 24.2. The van der Waals surface area contributed by atoms with Crippen LogP contribution in [-0.2, 0) is 0 Å². The number of carbonyl (C=O) groups excluding carboxylic acids is 2. The van der Waals surface area contributed by atoms with Gasteiger partial charge in [0.2, 0.25) is 0 Å². The smallest absolute Gasteiger partial charge is 0.256 e. The number of nitrogen functional groups attached to an aromatic ring is 1. The molecule has 6 heteroatoms. The van der Waals surface area contributed by atoms with E-state index in [1.54, 1.807) is 7.05 Å². The number of carbonyl (C=O) groups is 2. The summed E-state index contributed by atoms with van der Waals surface area (Å²) in [5.41, 5.74) is 7.14. The molecular weight excluding hydrogens is 286 g/mol. The number of ketones is 1. The lowest BCUT2D eigenvalue weighted by Gasteiger charge is -2.15. The van der Waals surface area contributed by atoms with Gasteiger partial charge in [-0.05, 0) is 37.0 Å². The normalized spacial score (nSPS) is 19.1. The van der Waals surface area contributed by atoms with Crippen molar-refractivity contribution in [2.75, 3.05) is 24.6 Å². The van der Waals surface area contributed by atoms with Crippen molar-refractivity contribution in [1.29, 1.82) is 0 Å². The maximum Gasteiger partial charge on any atom is 0.256 e. The number of rotatable bonds is 6. The Kier molecular flexibility index (Phi) is 3.43. The molecule has 0 spiro atoms. The molecule has 0 aromatic carbocycles. The molecule has 114 valence electrons. The van der Waals surface area contributed by atoms with Crippen molar-refractivity contribution in [3.05, 3.63) is 10.4 Å². The van der Waals surface area contributed by atoms with Gasteiger partial charge in [-0.25, -0.2) is 0 Å². The Morgan fingerprint density at radius 1 is 1.38 bits per heavy atom. The summed E-state index contributed by atoms with van der Waals surface area (Å²) < 4.78 is 0. The summed E-state index contributed by atoms with van der Waals surface area (Å²) >= 11 is 1.29. The van der Waals surface area contributed by atoms with Crippen LogP contribution in [0.2, 0.25) is 0 Å². The summed E-state index contributed by atoms with van der Waals surface area (Å²) in [5, 5.41) is 6.72. The third-order valence-corrected chi connectivity index (χ3v) is 5.92. The van der Waals surface area contributed by atoms with E-state index in [0.717, 1.165) is 17.5 Å². The van der Waals surface area contributed by atoms with Gasteiger partial charge in [-0.1, -0.05) is 0 Å². The predicted octanol–water partition coefficient (Wildman–Crippen LogP) is 2.49. The highest BCUT2D eigenvalue weighted by Crippen LogP contribution is 2.61. The first-order chi connectivity index (χ1) is 9.98. The monoisotopic (exact) mass is 307 g/mol. The van der Waals surface area contributed by atoms with E-state index in [-0.39, 0.29) is 11.7 Å². The van der Waals surface area contributed by atoms with Crippen LogP contribution in [0.25, 0.3) is 0 Å². The van der Waals surface area contributed by atoms with Crippen molar-refractivity contribution < 1.29 is 9.59 Å². The maximum atomic E-state index is 12.0. The van der Waals surface area contributed by atoms with Gasteiger partial charge in [-0.15, -0.1) is 11.3 Å². The fourth-order valence-corrected chi connectivity index (χ4v) is 4.03. The van der Waals surface area contributed by atoms with E-state index < -0.39 is 0 Å². The van der Waals surface area contributed by atoms with Crippen molar-refractivity contribution >= 4 is 33.7 Å². The van der Waals surface area contributed by atoms with Crippen molar-refractivity contribution in [2.24, 2.45) is 11.3 Å². The third kappa shape index (κ3) is 2.52. The molecule has 1 aromatic rings. The van der Waals surface area contributed by atoms with Gasteiger partial charge in [-0.3, -0.25) is 9.59 Å². The Morgan fingerprint density at radius 2 is 2.05 bits per heavy atom. The molecule has 2 aliphatic rings. The zero-order valence-corrected chi connectivity index (χ0v) is 13.2. The minimum absolute atomic E-state index is 0.0981. The molecule has 3 rings (SSSR count). The van der Waals surface area contributed by atoms with Crippen molar-refractivity contribution in [3.8, 4) is 0 Å². The van der Waals surface area contributed by atoms with E-state index in [9.17, 15) is 9.59 Å². The molecule has 2 saturated carbocycles. The van der Waals surface area contributed by atoms with Crippen LogP contribution < -0.4 is 16.4 Å². The molecule has 0 atom stereocenters. The van der Waals surface area contributed by atoms with Gasteiger partial charge in [0, 0.05) is 20.5 Å². The summed E-state index contributed by atoms with van der Waals surface area (Å²) in [5.74, 6) is 0.507. The molecule has 1 amide bonds. The summed E-state index contributed by atoms with van der Waals surface area (Å²) in [7, 11) is 1.57. The number of thiophene rings is 1. The van der Waals surface area contributed by atoms with E-state index in [0.29, 0.717) is 21.5 Å². The molecule has 0 bridgehead atoms. The largest absolute Gasteiger partial charge is 0.397 e. The van der Waals surface area contributed by atoms with E-state index in [2.05, 4.69) is 10.6 Å². The first kappa shape index (κ1) is 14.4. The molecule has 5 nitrogen and oxygen atoms in total. The van der Waals surface area contributed by atoms with E-state index in [4.69, 9.17) is 5.73 Å². The van der Waals surface area contributed by atoms with Crippen LogP contribution in [0.4, 0.5) is 10.7 Å². The molecule has 4 N–H and O–H groups in total. The van der Waals surface area contributed by atoms with Gasteiger partial charge < -0.3 is 16.4 Å². The van der Waals surface area contributed by atoms with Crippen LogP contribution in [0.3, 0.4) is 0 Å². The molecule has 0 unspecified atom stereocenters. The van der Waals surface area contributed by atoms with Crippen molar-refractivity contribution in [1.82, 2.24) is 5.32 Å². The number of anilines is 2. The molecular formula is C15H21N3O2S. The lowest BCUT2D eigenvalue weighted by Crippen LogP contribution is -2.22. The Balaban J connectivity index is 1.84. The zero-order chi connectivity index (χ0) is 15.2. The van der Waals surface area contributed by atoms with E-state index in [1.165, 1.54) is 43.9 Å². The van der Waals surface area contributed by atoms with Crippen LogP contribution in [0.1, 0.15) is 52.6 Å². The minimum Gasteiger partial charge on any atom is -0.397 e. The Bertz CT molecular complexity index is 600. The number of nitrogens with two attached hydrogens (primary N) is 1. The van der Waals surface area contributed by atoms with Gasteiger partial charge in [0.05, 0.1) is 16.1 Å². The standard InChI is InChI=1S/C15H21N3O2S/c1-8(19)12-11(16)10(13(20)17-2)14(21-12)18-7-15(5-6-15)9-3-4-9/h9,18H,3-7,16H2,1-2H3,(H,17,20). The topological polar surface area (TPSA) is 84.2 Å². The van der Waals surface area contributed by atoms with Gasteiger partial charge in [0.15, 0.2) is 5.78 Å². The molecule has 1 heterocycles. The molecule has 2 aliphatic carbocycles. The lowest BCUT2D eigenvalue weighted by molar-refractivity contribution is 0.0965. The van der Waals surface area contributed by atoms with E-state index >= 15 is 0 Å². The first-order valence-electron chi connectivity index (χ1n) is 7.37. The first-order valence-corrected chi connectivity index (χ1v) is 8.19. The molecule has 21 heavy (non-hydrogen) atoms.